The number of rotatable bonds is 5. The predicted molar refractivity (Wildman–Crippen MR) is 99.3 cm³/mol. The van der Waals surface area contributed by atoms with Crippen molar-refractivity contribution in [2.45, 2.75) is 25.8 Å². The Morgan fingerprint density at radius 3 is 2.46 bits per heavy atom. The number of amides is 2. The van der Waals surface area contributed by atoms with Gasteiger partial charge in [-0.1, -0.05) is 30.1 Å². The van der Waals surface area contributed by atoms with Gasteiger partial charge in [0, 0.05) is 35.7 Å². The van der Waals surface area contributed by atoms with E-state index in [-0.39, 0.29) is 24.3 Å². The Morgan fingerprint density at radius 2 is 1.88 bits per heavy atom. The summed E-state index contributed by atoms with van der Waals surface area (Å²) in [6.07, 6.45) is 1.31. The molecule has 0 aliphatic carbocycles. The lowest BCUT2D eigenvalue weighted by molar-refractivity contribution is -0.146. The van der Waals surface area contributed by atoms with Gasteiger partial charge in [-0.3, -0.25) is 14.4 Å². The van der Waals surface area contributed by atoms with Crippen molar-refractivity contribution in [2.24, 2.45) is 5.92 Å². The maximum Gasteiger partial charge on any atom is 0.310 e. The van der Waals surface area contributed by atoms with E-state index in [1.54, 1.807) is 37.1 Å². The number of carbonyl (C=O) groups excluding carboxylic acids is 3. The van der Waals surface area contributed by atoms with E-state index < -0.39 is 12.0 Å². The van der Waals surface area contributed by atoms with E-state index >= 15 is 0 Å². The van der Waals surface area contributed by atoms with E-state index in [0.717, 1.165) is 6.42 Å². The second kappa shape index (κ2) is 8.73. The molecule has 1 aromatic carbocycles. The number of carbonyl (C=O) groups is 3. The number of ether oxygens (including phenoxy) is 1. The molecule has 0 radical (unpaired) electrons. The molecule has 0 bridgehead atoms. The third-order valence-corrected chi connectivity index (χ3v) is 4.87. The van der Waals surface area contributed by atoms with Crippen molar-refractivity contribution < 1.29 is 19.1 Å². The number of esters is 1. The molecule has 8 heteroatoms. The summed E-state index contributed by atoms with van der Waals surface area (Å²) in [7, 11) is 2.94. The molecule has 2 unspecified atom stereocenters. The van der Waals surface area contributed by atoms with Crippen molar-refractivity contribution in [2.75, 3.05) is 27.2 Å². The monoisotopic (exact) mass is 400 g/mol. The summed E-state index contributed by atoms with van der Waals surface area (Å²) < 4.78 is 4.69. The molecule has 0 N–H and O–H groups in total. The summed E-state index contributed by atoms with van der Waals surface area (Å²) in [6, 6.07) is 4.07. The zero-order valence-electron chi connectivity index (χ0n) is 15.0. The van der Waals surface area contributed by atoms with Crippen molar-refractivity contribution >= 4 is 41.0 Å². The molecule has 0 spiro atoms. The van der Waals surface area contributed by atoms with Gasteiger partial charge in [0.25, 0.3) is 5.91 Å². The molecule has 2 rings (SSSR count). The summed E-state index contributed by atoms with van der Waals surface area (Å²) in [5.41, 5.74) is 0.354. The lowest BCUT2D eigenvalue weighted by atomic mass is 10.1. The molecule has 26 heavy (non-hydrogen) atoms. The van der Waals surface area contributed by atoms with Crippen LogP contribution in [0.5, 0.6) is 0 Å². The fraction of sp³-hybridized carbons (Fsp3) is 0.500. The van der Waals surface area contributed by atoms with Crippen molar-refractivity contribution in [1.82, 2.24) is 9.80 Å². The second-order valence-corrected chi connectivity index (χ2v) is 7.33. The van der Waals surface area contributed by atoms with Crippen molar-refractivity contribution in [3.05, 3.63) is 33.8 Å². The van der Waals surface area contributed by atoms with E-state index in [1.807, 2.05) is 0 Å². The normalized spacial score (nSPS) is 17.7. The molecule has 1 aromatic rings. The van der Waals surface area contributed by atoms with Gasteiger partial charge in [0.15, 0.2) is 0 Å². The highest BCUT2D eigenvalue weighted by molar-refractivity contribution is 6.35. The van der Waals surface area contributed by atoms with Crippen LogP contribution in [-0.4, -0.2) is 60.9 Å². The number of hydrogen-bond acceptors (Lipinski definition) is 4. The first-order valence-corrected chi connectivity index (χ1v) is 9.10. The SMILES string of the molecule is COC(=O)C(C)CN(C)C(=O)C1CCCN1C(=O)c1cc(Cl)cc(Cl)c1. The summed E-state index contributed by atoms with van der Waals surface area (Å²) in [4.78, 5) is 40.2. The van der Waals surface area contributed by atoms with E-state index in [9.17, 15) is 14.4 Å². The fourth-order valence-electron chi connectivity index (χ4n) is 3.14. The van der Waals surface area contributed by atoms with Crippen LogP contribution < -0.4 is 0 Å². The van der Waals surface area contributed by atoms with Gasteiger partial charge >= 0.3 is 5.97 Å². The predicted octanol–water partition coefficient (Wildman–Crippen LogP) is 2.87. The van der Waals surface area contributed by atoms with E-state index in [4.69, 9.17) is 27.9 Å². The van der Waals surface area contributed by atoms with Crippen LogP contribution in [0, 0.1) is 5.92 Å². The molecule has 1 heterocycles. The van der Waals surface area contributed by atoms with Crippen LogP contribution in [0.3, 0.4) is 0 Å². The first-order chi connectivity index (χ1) is 12.2. The minimum atomic E-state index is -0.560. The molecule has 1 aliphatic rings. The van der Waals surface area contributed by atoms with Gasteiger partial charge < -0.3 is 14.5 Å². The van der Waals surface area contributed by atoms with Crippen molar-refractivity contribution in [3.63, 3.8) is 0 Å². The molecular weight excluding hydrogens is 379 g/mol. The van der Waals surface area contributed by atoms with E-state index in [0.29, 0.717) is 28.6 Å². The molecule has 0 saturated carbocycles. The minimum Gasteiger partial charge on any atom is -0.469 e. The van der Waals surface area contributed by atoms with Crippen molar-refractivity contribution in [1.29, 1.82) is 0 Å². The highest BCUT2D eigenvalue weighted by Crippen LogP contribution is 2.25. The average molecular weight is 401 g/mol. The van der Waals surface area contributed by atoms with E-state index in [1.165, 1.54) is 12.0 Å². The minimum absolute atomic E-state index is 0.195. The highest BCUT2D eigenvalue weighted by atomic mass is 35.5. The number of halogens is 2. The number of likely N-dealkylation sites (tertiary alicyclic amines) is 1. The Bertz CT molecular complexity index is 690. The van der Waals surface area contributed by atoms with Gasteiger partial charge in [-0.05, 0) is 31.0 Å². The van der Waals surface area contributed by atoms with Crippen LogP contribution in [-0.2, 0) is 14.3 Å². The Kier molecular flexibility index (Phi) is 6.89. The van der Waals surface area contributed by atoms with Gasteiger partial charge in [0.2, 0.25) is 5.91 Å². The maximum atomic E-state index is 12.8. The molecular formula is C18H22Cl2N2O4. The first-order valence-electron chi connectivity index (χ1n) is 8.34. The number of likely N-dealkylation sites (N-methyl/N-ethyl adjacent to an activating group) is 1. The van der Waals surface area contributed by atoms with Gasteiger partial charge in [0.1, 0.15) is 6.04 Å². The van der Waals surface area contributed by atoms with Crippen LogP contribution in [0.4, 0.5) is 0 Å². The molecule has 0 aromatic heterocycles. The molecule has 2 amide bonds. The van der Waals surface area contributed by atoms with Gasteiger partial charge in [-0.15, -0.1) is 0 Å². The Hall–Kier alpha value is -1.79. The van der Waals surface area contributed by atoms with Crippen molar-refractivity contribution in [3.8, 4) is 0 Å². The number of nitrogens with zero attached hydrogens (tertiary/aromatic N) is 2. The third kappa shape index (κ3) is 4.68. The van der Waals surface area contributed by atoms with Crippen LogP contribution in [0.25, 0.3) is 0 Å². The van der Waals surface area contributed by atoms with Crippen LogP contribution in [0.2, 0.25) is 10.0 Å². The summed E-state index contributed by atoms with van der Waals surface area (Å²) in [5, 5.41) is 0.735. The van der Waals surface area contributed by atoms with Gasteiger partial charge in [-0.25, -0.2) is 0 Å². The number of methoxy groups -OCH3 is 1. The average Bonchev–Trinajstić information content (AvgIpc) is 3.08. The second-order valence-electron chi connectivity index (χ2n) is 6.46. The third-order valence-electron chi connectivity index (χ3n) is 4.44. The standard InChI is InChI=1S/C18H22Cl2N2O4/c1-11(18(25)26-3)10-21(2)17(24)15-5-4-6-22(15)16(23)12-7-13(19)9-14(20)8-12/h7-9,11,15H,4-6,10H2,1-3H3. The van der Waals surface area contributed by atoms with E-state index in [2.05, 4.69) is 0 Å². The van der Waals surface area contributed by atoms with Crippen LogP contribution in [0.15, 0.2) is 18.2 Å². The Morgan fingerprint density at radius 1 is 1.27 bits per heavy atom. The quantitative estimate of drug-likeness (QED) is 0.712. The summed E-state index contributed by atoms with van der Waals surface area (Å²) in [5.74, 6) is -1.29. The zero-order chi connectivity index (χ0) is 19.4. The zero-order valence-corrected chi connectivity index (χ0v) is 16.5. The lowest BCUT2D eigenvalue weighted by Gasteiger charge is -2.29. The molecule has 6 nitrogen and oxygen atoms in total. The smallest absolute Gasteiger partial charge is 0.310 e. The van der Waals surface area contributed by atoms with Crippen LogP contribution >= 0.6 is 23.2 Å². The lowest BCUT2D eigenvalue weighted by Crippen LogP contribution is -2.48. The fourth-order valence-corrected chi connectivity index (χ4v) is 3.67. The summed E-state index contributed by atoms with van der Waals surface area (Å²) >= 11 is 12.0. The molecule has 1 saturated heterocycles. The topological polar surface area (TPSA) is 66.9 Å². The molecule has 1 fully saturated rings. The Labute approximate surface area is 163 Å². The van der Waals surface area contributed by atoms with Gasteiger partial charge in [0.05, 0.1) is 13.0 Å². The molecule has 1 aliphatic heterocycles. The van der Waals surface area contributed by atoms with Gasteiger partial charge in [-0.2, -0.15) is 0 Å². The largest absolute Gasteiger partial charge is 0.469 e. The first kappa shape index (κ1) is 20.5. The van der Waals surface area contributed by atoms with Crippen LogP contribution in [0.1, 0.15) is 30.1 Å². The summed E-state index contributed by atoms with van der Waals surface area (Å²) in [6.45, 7) is 2.41. The molecule has 2 atom stereocenters. The number of benzene rings is 1. The molecule has 142 valence electrons. The highest BCUT2D eigenvalue weighted by Gasteiger charge is 2.36. The number of hydrogen-bond donors (Lipinski definition) is 0. The maximum absolute atomic E-state index is 12.8. The Balaban J connectivity index is 2.12.